The average Bonchev–Trinajstić information content (AvgIpc) is 3.64. The van der Waals surface area contributed by atoms with Crippen LogP contribution in [-0.2, 0) is 10.8 Å². The molecule has 0 nitrogen and oxygen atoms in total. The SMILES string of the molecule is CC1(C)c2ccccc2-c2cc(-c3cc(-c4ccccc4F)c4ccc5c(-c6ccc7c(c6)-c6ccccc6C7(C)C)cc(-c6ccccc6F)c6ccc3c4c56)ccc21. The summed E-state index contributed by atoms with van der Waals surface area (Å²) in [5, 5.41) is 6.18. The Kier molecular flexibility index (Phi) is 7.20. The largest absolute Gasteiger partial charge is 0.206 e. The third-order valence-corrected chi connectivity index (χ3v) is 14.0. The molecule has 10 aromatic rings. The maximum Gasteiger partial charge on any atom is 0.131 e. The van der Waals surface area contributed by atoms with Gasteiger partial charge in [-0.3, -0.25) is 0 Å². The van der Waals surface area contributed by atoms with Crippen molar-refractivity contribution in [2.45, 2.75) is 38.5 Å². The molecular weight excluding hydrogens is 735 g/mol. The van der Waals surface area contributed by atoms with Gasteiger partial charge in [0.15, 0.2) is 0 Å². The van der Waals surface area contributed by atoms with Gasteiger partial charge in [-0.05, 0) is 147 Å². The van der Waals surface area contributed by atoms with Crippen molar-refractivity contribution in [1.29, 1.82) is 0 Å². The van der Waals surface area contributed by atoms with Crippen LogP contribution in [0.2, 0.25) is 0 Å². The normalized spacial score (nSPS) is 14.4. The summed E-state index contributed by atoms with van der Waals surface area (Å²) < 4.78 is 32.2. The number of fused-ring (bicyclic) bond motifs is 6. The molecule has 2 heteroatoms. The van der Waals surface area contributed by atoms with Crippen LogP contribution in [0.3, 0.4) is 0 Å². The fraction of sp³-hybridized carbons (Fsp3) is 0.103. The van der Waals surface area contributed by atoms with Crippen LogP contribution in [0.25, 0.3) is 99.1 Å². The zero-order valence-corrected chi connectivity index (χ0v) is 33.9. The van der Waals surface area contributed by atoms with E-state index in [0.717, 1.165) is 65.7 Å². The second kappa shape index (κ2) is 12.3. The monoisotopic (exact) mass is 774 g/mol. The summed E-state index contributed by atoms with van der Waals surface area (Å²) in [4.78, 5) is 0. The molecule has 10 aromatic carbocycles. The number of benzene rings is 10. The fourth-order valence-corrected chi connectivity index (χ4v) is 11.1. The quantitative estimate of drug-likeness (QED) is 0.156. The summed E-state index contributed by atoms with van der Waals surface area (Å²) in [6.07, 6.45) is 0. The van der Waals surface area contributed by atoms with Crippen molar-refractivity contribution in [1.82, 2.24) is 0 Å². The van der Waals surface area contributed by atoms with E-state index in [4.69, 9.17) is 0 Å². The van der Waals surface area contributed by atoms with E-state index in [1.165, 1.54) is 44.5 Å². The van der Waals surface area contributed by atoms with E-state index < -0.39 is 0 Å². The van der Waals surface area contributed by atoms with E-state index in [9.17, 15) is 0 Å². The minimum absolute atomic E-state index is 0.125. The van der Waals surface area contributed by atoms with Gasteiger partial charge in [0.05, 0.1) is 0 Å². The minimum Gasteiger partial charge on any atom is -0.206 e. The first-order valence-electron chi connectivity index (χ1n) is 20.9. The molecule has 12 rings (SSSR count). The number of hydrogen-bond donors (Lipinski definition) is 0. The lowest BCUT2D eigenvalue weighted by Gasteiger charge is -2.23. The summed E-state index contributed by atoms with van der Waals surface area (Å²) in [7, 11) is 0. The number of rotatable bonds is 4. The Bertz CT molecular complexity index is 3220. The van der Waals surface area contributed by atoms with Crippen molar-refractivity contribution in [3.63, 3.8) is 0 Å². The predicted octanol–water partition coefficient (Wildman–Crippen LogP) is 16.1. The molecule has 286 valence electrons. The van der Waals surface area contributed by atoms with Crippen molar-refractivity contribution in [2.75, 3.05) is 0 Å². The van der Waals surface area contributed by atoms with Gasteiger partial charge in [0.2, 0.25) is 0 Å². The Balaban J connectivity index is 1.20. The van der Waals surface area contributed by atoms with E-state index in [2.05, 4.69) is 149 Å². The zero-order valence-electron chi connectivity index (χ0n) is 33.9. The lowest BCUT2D eigenvalue weighted by atomic mass is 9.80. The van der Waals surface area contributed by atoms with Crippen molar-refractivity contribution in [2.24, 2.45) is 0 Å². The van der Waals surface area contributed by atoms with Gasteiger partial charge in [-0.25, -0.2) is 8.78 Å². The molecule has 0 radical (unpaired) electrons. The van der Waals surface area contributed by atoms with E-state index in [1.807, 2.05) is 24.3 Å². The van der Waals surface area contributed by atoms with Gasteiger partial charge in [0, 0.05) is 22.0 Å². The highest BCUT2D eigenvalue weighted by molar-refractivity contribution is 6.32. The molecule has 2 aliphatic rings. The second-order valence-corrected chi connectivity index (χ2v) is 17.8. The number of hydrogen-bond acceptors (Lipinski definition) is 0. The summed E-state index contributed by atoms with van der Waals surface area (Å²) >= 11 is 0. The third-order valence-electron chi connectivity index (χ3n) is 14.0. The first kappa shape index (κ1) is 35.1. The van der Waals surface area contributed by atoms with Crippen LogP contribution in [0.4, 0.5) is 8.78 Å². The fourth-order valence-electron chi connectivity index (χ4n) is 11.1. The Morgan fingerprint density at radius 3 is 1.02 bits per heavy atom. The second-order valence-electron chi connectivity index (χ2n) is 17.8. The average molecular weight is 775 g/mol. The van der Waals surface area contributed by atoms with Gasteiger partial charge in [0.1, 0.15) is 11.6 Å². The molecule has 0 spiro atoms. The van der Waals surface area contributed by atoms with Crippen molar-refractivity contribution in [3.05, 3.63) is 204 Å². The zero-order chi connectivity index (χ0) is 40.7. The third kappa shape index (κ3) is 4.71. The Labute approximate surface area is 348 Å². The topological polar surface area (TPSA) is 0 Å². The lowest BCUT2D eigenvalue weighted by Crippen LogP contribution is -2.14. The molecule has 0 unspecified atom stereocenters. The van der Waals surface area contributed by atoms with Crippen molar-refractivity contribution >= 4 is 32.3 Å². The van der Waals surface area contributed by atoms with Crippen LogP contribution in [0.15, 0.2) is 170 Å². The Hall–Kier alpha value is -6.90. The maximum atomic E-state index is 16.1. The van der Waals surface area contributed by atoms with Crippen molar-refractivity contribution in [3.8, 4) is 66.8 Å². The van der Waals surface area contributed by atoms with Crippen LogP contribution in [0, 0.1) is 11.6 Å². The highest BCUT2D eigenvalue weighted by Gasteiger charge is 2.37. The molecule has 0 N–H and O–H groups in total. The highest BCUT2D eigenvalue weighted by atomic mass is 19.1. The Morgan fingerprint density at radius 2 is 0.617 bits per heavy atom. The predicted molar refractivity (Wildman–Crippen MR) is 247 cm³/mol. The van der Waals surface area contributed by atoms with Gasteiger partial charge in [-0.15, -0.1) is 0 Å². The summed E-state index contributed by atoms with van der Waals surface area (Å²) in [5.74, 6) is -0.533. The minimum atomic E-state index is -0.266. The lowest BCUT2D eigenvalue weighted by molar-refractivity contribution is 0.631. The number of halogens is 2. The smallest absolute Gasteiger partial charge is 0.131 e. The van der Waals surface area contributed by atoms with Gasteiger partial charge in [-0.1, -0.05) is 161 Å². The maximum absolute atomic E-state index is 16.1. The van der Waals surface area contributed by atoms with E-state index in [-0.39, 0.29) is 22.5 Å². The first-order chi connectivity index (χ1) is 29.1. The molecule has 0 saturated carbocycles. The molecule has 0 atom stereocenters. The first-order valence-corrected chi connectivity index (χ1v) is 20.9. The van der Waals surface area contributed by atoms with Gasteiger partial charge in [-0.2, -0.15) is 0 Å². The summed E-state index contributed by atoms with van der Waals surface area (Å²) in [6.45, 7) is 9.20. The molecule has 2 aliphatic carbocycles. The Morgan fingerprint density at radius 1 is 0.283 bits per heavy atom. The molecular formula is C58H40F2. The standard InChI is InChI=1S/C58H40F2/c1-57(2)49-17-9-5-13-35(49)47-29-33(21-27-51(47)57)43-31-45(37-15-7-11-19-53(37)59)41-26-24-40-44(34-22-28-52-48(30-34)36-14-6-10-18-50(36)58(52,3)4)32-46(38-16-8-12-20-54(38)60)42-25-23-39(43)55(41)56(40)42/h5-32H,1-4H3. The molecule has 0 fully saturated rings. The van der Waals surface area contributed by atoms with Crippen LogP contribution in [-0.4, -0.2) is 0 Å². The molecule has 0 amide bonds. The van der Waals surface area contributed by atoms with Crippen LogP contribution < -0.4 is 0 Å². The van der Waals surface area contributed by atoms with E-state index >= 15 is 8.78 Å². The van der Waals surface area contributed by atoms with Gasteiger partial charge >= 0.3 is 0 Å². The van der Waals surface area contributed by atoms with Crippen LogP contribution in [0.5, 0.6) is 0 Å². The summed E-state index contributed by atoms with van der Waals surface area (Å²) in [6, 6.07) is 58.4. The van der Waals surface area contributed by atoms with Crippen LogP contribution >= 0.6 is 0 Å². The molecule has 0 saturated heterocycles. The van der Waals surface area contributed by atoms with Gasteiger partial charge < -0.3 is 0 Å². The molecule has 0 aliphatic heterocycles. The molecule has 0 aromatic heterocycles. The summed E-state index contributed by atoms with van der Waals surface area (Å²) in [5.41, 5.74) is 17.0. The van der Waals surface area contributed by atoms with E-state index in [0.29, 0.717) is 11.1 Å². The van der Waals surface area contributed by atoms with E-state index in [1.54, 1.807) is 24.3 Å². The van der Waals surface area contributed by atoms with Crippen LogP contribution in [0.1, 0.15) is 49.9 Å². The molecule has 60 heavy (non-hydrogen) atoms. The van der Waals surface area contributed by atoms with Gasteiger partial charge in [0.25, 0.3) is 0 Å². The van der Waals surface area contributed by atoms with Crippen molar-refractivity contribution < 1.29 is 8.78 Å². The molecule has 0 bridgehead atoms. The molecule has 0 heterocycles. The highest BCUT2D eigenvalue weighted by Crippen LogP contribution is 2.54.